The quantitative estimate of drug-likeness (QED) is 0.799. The summed E-state index contributed by atoms with van der Waals surface area (Å²) in [5, 5.41) is 4.19. The maximum atomic E-state index is 6.54. The summed E-state index contributed by atoms with van der Waals surface area (Å²) in [4.78, 5) is 2.09. The Kier molecular flexibility index (Phi) is 4.27. The molecule has 1 fully saturated rings. The van der Waals surface area contributed by atoms with Crippen molar-refractivity contribution in [3.63, 3.8) is 0 Å². The number of rotatable bonds is 4. The number of thiocarbonyl (C=S) groups is 1. The van der Waals surface area contributed by atoms with Gasteiger partial charge in [0.1, 0.15) is 0 Å². The molecule has 136 valence electrons. The molecule has 2 aliphatic rings. The molecule has 0 unspecified atom stereocenters. The summed E-state index contributed by atoms with van der Waals surface area (Å²) in [6, 6.07) is 14.7. The van der Waals surface area contributed by atoms with E-state index in [-0.39, 0.29) is 6.04 Å². The van der Waals surface area contributed by atoms with Gasteiger partial charge in [0.25, 0.3) is 0 Å². The molecule has 2 heterocycles. The van der Waals surface area contributed by atoms with Crippen molar-refractivity contribution in [1.82, 2.24) is 5.32 Å². The molecule has 0 aliphatic carbocycles. The van der Waals surface area contributed by atoms with Crippen LogP contribution in [0.25, 0.3) is 0 Å². The lowest BCUT2D eigenvalue weighted by Crippen LogP contribution is -2.65. The number of aryl methyl sites for hydroxylation is 1. The maximum absolute atomic E-state index is 6.54. The van der Waals surface area contributed by atoms with Crippen LogP contribution in [0.5, 0.6) is 11.5 Å². The molecule has 0 aromatic heterocycles. The van der Waals surface area contributed by atoms with E-state index in [4.69, 9.17) is 21.7 Å². The minimum absolute atomic E-state index is 0.128. The molecule has 4 nitrogen and oxygen atoms in total. The van der Waals surface area contributed by atoms with E-state index in [2.05, 4.69) is 54.4 Å². The summed E-state index contributed by atoms with van der Waals surface area (Å²) in [6.45, 7) is 6.85. The van der Waals surface area contributed by atoms with Crippen LogP contribution < -0.4 is 19.7 Å². The highest BCUT2D eigenvalue weighted by Crippen LogP contribution is 2.49. The highest BCUT2D eigenvalue weighted by molar-refractivity contribution is 7.80. The molecule has 2 aliphatic heterocycles. The van der Waals surface area contributed by atoms with Gasteiger partial charge in [-0.25, -0.2) is 0 Å². The Bertz CT molecular complexity index is 836. The first-order valence-electron chi connectivity index (χ1n) is 9.20. The molecule has 2 aromatic carbocycles. The van der Waals surface area contributed by atoms with Crippen LogP contribution in [0.1, 0.15) is 44.4 Å². The number of nitrogens with one attached hydrogen (secondary N) is 1. The number of nitrogens with zero attached hydrogens (tertiary/aromatic N) is 1. The third-order valence-corrected chi connectivity index (χ3v) is 5.47. The number of hydrogen-bond donors (Lipinski definition) is 1. The van der Waals surface area contributed by atoms with Crippen LogP contribution in [0.4, 0.5) is 5.69 Å². The van der Waals surface area contributed by atoms with Gasteiger partial charge in [0.05, 0.1) is 12.6 Å². The van der Waals surface area contributed by atoms with Crippen molar-refractivity contribution in [2.45, 2.75) is 45.4 Å². The van der Waals surface area contributed by atoms with Crippen LogP contribution in [-0.4, -0.2) is 17.4 Å². The average Bonchev–Trinajstić information content (AvgIpc) is 2.62. The Labute approximate surface area is 160 Å². The Hall–Kier alpha value is -2.27. The fraction of sp³-hybridized carbons (Fsp3) is 0.381. The van der Waals surface area contributed by atoms with E-state index in [1.807, 2.05) is 19.1 Å². The normalized spacial score (nSPS) is 23.7. The fourth-order valence-corrected chi connectivity index (χ4v) is 4.34. The Balaban J connectivity index is 1.76. The number of hydrogen-bond acceptors (Lipinski definition) is 3. The standard InChI is InChI=1S/C21H24N2O2S/c1-4-14-9-11-15(12-10-14)23-20(26)22-17-13-21(23,3)25-19-16(17)7-6-8-18(19)24-5-2/h6-12,17H,4-5,13H2,1-3H3,(H,22,26)/t17-,21+/m0/s1. The lowest BCUT2D eigenvalue weighted by atomic mass is 9.90. The molecule has 0 saturated carbocycles. The van der Waals surface area contributed by atoms with Crippen LogP contribution in [0.3, 0.4) is 0 Å². The van der Waals surface area contributed by atoms with Crippen LogP contribution in [-0.2, 0) is 6.42 Å². The zero-order valence-corrected chi connectivity index (χ0v) is 16.2. The minimum atomic E-state index is -0.555. The second-order valence-electron chi connectivity index (χ2n) is 6.95. The predicted octanol–water partition coefficient (Wildman–Crippen LogP) is 4.58. The first-order valence-corrected chi connectivity index (χ1v) is 9.61. The van der Waals surface area contributed by atoms with Crippen molar-refractivity contribution < 1.29 is 9.47 Å². The Morgan fingerprint density at radius 3 is 2.69 bits per heavy atom. The number of ether oxygens (including phenoxy) is 2. The second-order valence-corrected chi connectivity index (χ2v) is 7.33. The van der Waals surface area contributed by atoms with Crippen molar-refractivity contribution in [3.8, 4) is 11.5 Å². The summed E-state index contributed by atoms with van der Waals surface area (Å²) < 4.78 is 12.3. The zero-order chi connectivity index (χ0) is 18.3. The number of anilines is 1. The molecule has 0 radical (unpaired) electrons. The summed E-state index contributed by atoms with van der Waals surface area (Å²) in [5.41, 5.74) is 2.90. The molecule has 2 bridgehead atoms. The molecule has 0 spiro atoms. The smallest absolute Gasteiger partial charge is 0.188 e. The minimum Gasteiger partial charge on any atom is -0.490 e. The number of benzene rings is 2. The monoisotopic (exact) mass is 368 g/mol. The second kappa shape index (κ2) is 6.47. The summed E-state index contributed by atoms with van der Waals surface area (Å²) in [6.07, 6.45) is 1.83. The third-order valence-electron chi connectivity index (χ3n) is 5.17. The molecule has 4 rings (SSSR count). The van der Waals surface area contributed by atoms with Crippen LogP contribution in [0.2, 0.25) is 0 Å². The summed E-state index contributed by atoms with van der Waals surface area (Å²) in [7, 11) is 0. The van der Waals surface area contributed by atoms with Crippen molar-refractivity contribution in [2.75, 3.05) is 11.5 Å². The summed E-state index contributed by atoms with van der Waals surface area (Å²) >= 11 is 5.71. The van der Waals surface area contributed by atoms with E-state index in [9.17, 15) is 0 Å². The number of fused-ring (bicyclic) bond motifs is 4. The van der Waals surface area contributed by atoms with E-state index in [1.54, 1.807) is 0 Å². The van der Waals surface area contributed by atoms with E-state index < -0.39 is 5.72 Å². The predicted molar refractivity (Wildman–Crippen MR) is 108 cm³/mol. The first-order chi connectivity index (χ1) is 12.6. The molecule has 2 aromatic rings. The van der Waals surface area contributed by atoms with Crippen molar-refractivity contribution in [3.05, 3.63) is 53.6 Å². The molecule has 5 heteroatoms. The first kappa shape index (κ1) is 17.2. The highest BCUT2D eigenvalue weighted by atomic mass is 32.1. The van der Waals surface area contributed by atoms with E-state index >= 15 is 0 Å². The van der Waals surface area contributed by atoms with Gasteiger partial charge in [0, 0.05) is 17.7 Å². The molecule has 1 N–H and O–H groups in total. The van der Waals surface area contributed by atoms with Crippen LogP contribution in [0, 0.1) is 0 Å². The van der Waals surface area contributed by atoms with Gasteiger partial charge in [-0.05, 0) is 56.2 Å². The molecule has 0 amide bonds. The molecular weight excluding hydrogens is 344 g/mol. The molecular formula is C21H24N2O2S. The van der Waals surface area contributed by atoms with E-state index in [1.165, 1.54) is 5.56 Å². The Morgan fingerprint density at radius 1 is 1.23 bits per heavy atom. The topological polar surface area (TPSA) is 33.7 Å². The SMILES string of the molecule is CCOc1cccc2c1O[C@]1(C)C[C@@H]2NC(=S)N1c1ccc(CC)cc1. The molecule has 2 atom stereocenters. The highest BCUT2D eigenvalue weighted by Gasteiger charge is 2.49. The maximum Gasteiger partial charge on any atom is 0.188 e. The van der Waals surface area contributed by atoms with Gasteiger partial charge in [0.2, 0.25) is 0 Å². The lowest BCUT2D eigenvalue weighted by Gasteiger charge is -2.52. The lowest BCUT2D eigenvalue weighted by molar-refractivity contribution is 0.0457. The van der Waals surface area contributed by atoms with Crippen molar-refractivity contribution in [1.29, 1.82) is 0 Å². The van der Waals surface area contributed by atoms with Gasteiger partial charge in [-0.15, -0.1) is 0 Å². The van der Waals surface area contributed by atoms with E-state index in [0.717, 1.165) is 35.6 Å². The van der Waals surface area contributed by atoms with Crippen LogP contribution >= 0.6 is 12.2 Å². The van der Waals surface area contributed by atoms with Gasteiger partial charge >= 0.3 is 0 Å². The van der Waals surface area contributed by atoms with Gasteiger partial charge < -0.3 is 14.8 Å². The molecule has 26 heavy (non-hydrogen) atoms. The van der Waals surface area contributed by atoms with E-state index in [0.29, 0.717) is 11.7 Å². The average molecular weight is 369 g/mol. The Morgan fingerprint density at radius 2 is 2.00 bits per heavy atom. The summed E-state index contributed by atoms with van der Waals surface area (Å²) in [5.74, 6) is 1.61. The van der Waals surface area contributed by atoms with Crippen molar-refractivity contribution >= 4 is 23.0 Å². The number of para-hydroxylation sites is 1. The molecule has 1 saturated heterocycles. The third kappa shape index (κ3) is 2.71. The van der Waals surface area contributed by atoms with Crippen molar-refractivity contribution in [2.24, 2.45) is 0 Å². The zero-order valence-electron chi connectivity index (χ0n) is 15.4. The largest absolute Gasteiger partial charge is 0.490 e. The van der Waals surface area contributed by atoms with Gasteiger partial charge in [-0.3, -0.25) is 4.90 Å². The fourth-order valence-electron chi connectivity index (χ4n) is 3.90. The van der Waals surface area contributed by atoms with Crippen LogP contribution in [0.15, 0.2) is 42.5 Å². The van der Waals surface area contributed by atoms with Gasteiger partial charge in [-0.1, -0.05) is 31.2 Å². The van der Waals surface area contributed by atoms with Gasteiger partial charge in [0.15, 0.2) is 22.3 Å². The van der Waals surface area contributed by atoms with Gasteiger partial charge in [-0.2, -0.15) is 0 Å².